The molecule has 0 saturated carbocycles. The molecule has 0 unspecified atom stereocenters. The van der Waals surface area contributed by atoms with Gasteiger partial charge in [0.15, 0.2) is 5.03 Å². The van der Waals surface area contributed by atoms with Crippen LogP contribution in [-0.4, -0.2) is 15.5 Å². The molecule has 160 valence electrons. The smallest absolute Gasteiger partial charge is 0.223 e. The summed E-state index contributed by atoms with van der Waals surface area (Å²) in [7, 11) is -2.51. The van der Waals surface area contributed by atoms with Crippen LogP contribution in [0.15, 0.2) is 52.0 Å². The van der Waals surface area contributed by atoms with Crippen LogP contribution < -0.4 is 21.3 Å². The second kappa shape index (κ2) is 8.38. The van der Waals surface area contributed by atoms with Crippen molar-refractivity contribution in [2.75, 3.05) is 12.1 Å². The molecule has 0 fully saturated rings. The molecule has 0 bridgehead atoms. The van der Waals surface area contributed by atoms with Crippen LogP contribution in [-0.2, 0) is 15.3 Å². The van der Waals surface area contributed by atoms with Gasteiger partial charge in [-0.05, 0) is 48.6 Å². The number of hydrogen-bond donors (Lipinski definition) is 2. The normalized spacial score (nSPS) is 12.7. The van der Waals surface area contributed by atoms with Gasteiger partial charge in [-0.1, -0.05) is 32.9 Å². The van der Waals surface area contributed by atoms with Crippen LogP contribution in [0.1, 0.15) is 44.4 Å². The maximum Gasteiger partial charge on any atom is 0.223 e. The summed E-state index contributed by atoms with van der Waals surface area (Å²) in [5, 5.41) is 10.0. The van der Waals surface area contributed by atoms with E-state index < -0.39 is 9.84 Å². The van der Waals surface area contributed by atoms with Crippen molar-refractivity contribution in [2.45, 2.75) is 44.9 Å². The number of allylic oxidation sites excluding steroid dienone is 1. The Morgan fingerprint density at radius 3 is 2.20 bits per heavy atom. The van der Waals surface area contributed by atoms with E-state index >= 15 is 0 Å². The first-order chi connectivity index (χ1) is 13.8. The summed E-state index contributed by atoms with van der Waals surface area (Å²) in [5.74, 6) is 6.53. The molecule has 30 heavy (non-hydrogen) atoms. The van der Waals surface area contributed by atoms with E-state index in [9.17, 15) is 13.7 Å². The van der Waals surface area contributed by atoms with Crippen molar-refractivity contribution in [3.05, 3.63) is 63.8 Å². The number of benzene rings is 2. The third-order valence-corrected chi connectivity index (χ3v) is 6.71. The van der Waals surface area contributed by atoms with Crippen LogP contribution in [0.5, 0.6) is 5.75 Å². The predicted molar refractivity (Wildman–Crippen MR) is 118 cm³/mol. The van der Waals surface area contributed by atoms with E-state index in [1.165, 1.54) is 14.0 Å². The van der Waals surface area contributed by atoms with Crippen molar-refractivity contribution in [1.82, 2.24) is 0 Å². The highest BCUT2D eigenvalue weighted by atomic mass is 32.2. The Labute approximate surface area is 178 Å². The van der Waals surface area contributed by atoms with E-state index in [2.05, 4.69) is 6.07 Å². The molecule has 0 radical (unpaired) electrons. The predicted octanol–water partition coefficient (Wildman–Crippen LogP) is 3.47. The maximum atomic E-state index is 13.1. The van der Waals surface area contributed by atoms with Crippen molar-refractivity contribution < 1.29 is 13.2 Å². The third kappa shape index (κ3) is 4.42. The summed E-state index contributed by atoms with van der Waals surface area (Å²) in [6, 6.07) is 11.9. The Morgan fingerprint density at radius 2 is 1.73 bits per heavy atom. The standard InChI is InChI=1S/C22H28N4O3S/c1-14-11-19(20(29-6)12-16(14)13-23)26(25)15(2)21(24)30(27,28)18-9-7-17(8-10-18)22(3,4)5/h7-12H,24-25H2,1-6H3/b21-15+. The summed E-state index contributed by atoms with van der Waals surface area (Å²) >= 11 is 0. The maximum absolute atomic E-state index is 13.1. The van der Waals surface area contributed by atoms with E-state index in [0.717, 1.165) is 10.6 Å². The van der Waals surface area contributed by atoms with E-state index in [0.29, 0.717) is 22.6 Å². The summed E-state index contributed by atoms with van der Waals surface area (Å²) in [4.78, 5) is 0.0868. The van der Waals surface area contributed by atoms with Gasteiger partial charge in [0, 0.05) is 6.07 Å². The Bertz CT molecular complexity index is 1120. The highest BCUT2D eigenvalue weighted by Crippen LogP contribution is 2.33. The number of methoxy groups -OCH3 is 1. The minimum atomic E-state index is -3.95. The quantitative estimate of drug-likeness (QED) is 0.552. The highest BCUT2D eigenvalue weighted by molar-refractivity contribution is 7.95. The van der Waals surface area contributed by atoms with E-state index in [4.69, 9.17) is 16.3 Å². The molecule has 0 aromatic heterocycles. The van der Waals surface area contributed by atoms with Gasteiger partial charge >= 0.3 is 0 Å². The molecule has 2 aromatic rings. The molecule has 0 aliphatic rings. The molecule has 4 N–H and O–H groups in total. The number of nitriles is 1. The zero-order valence-electron chi connectivity index (χ0n) is 18.1. The van der Waals surface area contributed by atoms with Gasteiger partial charge in [0.05, 0.1) is 35.0 Å². The molecular formula is C22H28N4O3S. The van der Waals surface area contributed by atoms with Gasteiger partial charge in [-0.2, -0.15) is 5.26 Å². The summed E-state index contributed by atoms with van der Waals surface area (Å²) in [6.45, 7) is 9.42. The molecule has 2 rings (SSSR count). The number of rotatable bonds is 5. The van der Waals surface area contributed by atoms with Gasteiger partial charge in [0.2, 0.25) is 9.84 Å². The highest BCUT2D eigenvalue weighted by Gasteiger charge is 2.25. The fraction of sp³-hybridized carbons (Fsp3) is 0.318. The average Bonchev–Trinajstić information content (AvgIpc) is 2.71. The number of hydrogen-bond acceptors (Lipinski definition) is 7. The number of anilines is 1. The van der Waals surface area contributed by atoms with Gasteiger partial charge in [-0.25, -0.2) is 14.3 Å². The SMILES string of the molecule is COc1cc(C#N)c(C)cc1N(N)/C(C)=C(\N)S(=O)(=O)c1ccc(C(C)(C)C)cc1. The Kier molecular flexibility index (Phi) is 6.50. The number of sulfone groups is 1. The first-order valence-corrected chi connectivity index (χ1v) is 10.8. The molecule has 0 heterocycles. The topological polar surface area (TPSA) is 122 Å². The van der Waals surface area contributed by atoms with E-state index in [1.807, 2.05) is 20.8 Å². The lowest BCUT2D eigenvalue weighted by Crippen LogP contribution is -2.33. The fourth-order valence-corrected chi connectivity index (χ4v) is 4.14. The van der Waals surface area contributed by atoms with Crippen molar-refractivity contribution in [3.63, 3.8) is 0 Å². The average molecular weight is 429 g/mol. The van der Waals surface area contributed by atoms with Crippen molar-refractivity contribution in [2.24, 2.45) is 11.6 Å². The largest absolute Gasteiger partial charge is 0.494 e. The van der Waals surface area contributed by atoms with Crippen molar-refractivity contribution in [3.8, 4) is 11.8 Å². The number of nitrogens with zero attached hydrogens (tertiary/aromatic N) is 2. The molecular weight excluding hydrogens is 400 g/mol. The lowest BCUT2D eigenvalue weighted by molar-refractivity contribution is 0.415. The van der Waals surface area contributed by atoms with Gasteiger partial charge in [0.25, 0.3) is 0 Å². The molecule has 0 amide bonds. The van der Waals surface area contributed by atoms with Crippen LogP contribution in [0, 0.1) is 18.3 Å². The fourth-order valence-electron chi connectivity index (χ4n) is 2.90. The summed E-state index contributed by atoms with van der Waals surface area (Å²) in [5.41, 5.74) is 8.61. The summed E-state index contributed by atoms with van der Waals surface area (Å²) < 4.78 is 31.4. The van der Waals surface area contributed by atoms with E-state index in [-0.39, 0.29) is 21.0 Å². The number of ether oxygens (including phenoxy) is 1. The van der Waals surface area contributed by atoms with Gasteiger partial charge in [-0.15, -0.1) is 0 Å². The van der Waals surface area contributed by atoms with Gasteiger partial charge < -0.3 is 10.5 Å². The minimum Gasteiger partial charge on any atom is -0.494 e. The minimum absolute atomic E-state index is 0.0868. The lowest BCUT2D eigenvalue weighted by Gasteiger charge is -2.24. The van der Waals surface area contributed by atoms with E-state index in [1.54, 1.807) is 43.3 Å². The first-order valence-electron chi connectivity index (χ1n) is 9.30. The summed E-state index contributed by atoms with van der Waals surface area (Å²) in [6.07, 6.45) is 0. The molecule has 0 aliphatic carbocycles. The Morgan fingerprint density at radius 1 is 1.17 bits per heavy atom. The molecule has 0 spiro atoms. The van der Waals surface area contributed by atoms with Crippen LogP contribution in [0.2, 0.25) is 0 Å². The number of aryl methyl sites for hydroxylation is 1. The lowest BCUT2D eigenvalue weighted by atomic mass is 9.87. The zero-order valence-corrected chi connectivity index (χ0v) is 19.0. The van der Waals surface area contributed by atoms with Crippen LogP contribution in [0.25, 0.3) is 0 Å². The van der Waals surface area contributed by atoms with Crippen molar-refractivity contribution in [1.29, 1.82) is 5.26 Å². The van der Waals surface area contributed by atoms with Gasteiger partial charge in [-0.3, -0.25) is 5.01 Å². The Balaban J connectivity index is 2.52. The second-order valence-electron chi connectivity index (χ2n) is 8.05. The monoisotopic (exact) mass is 428 g/mol. The molecule has 0 aliphatic heterocycles. The zero-order chi connectivity index (χ0) is 22.9. The first kappa shape index (κ1) is 23.3. The van der Waals surface area contributed by atoms with Crippen LogP contribution in [0.4, 0.5) is 5.69 Å². The Hall–Kier alpha value is -3.02. The number of hydrazine groups is 1. The molecule has 2 aromatic carbocycles. The molecule has 7 nitrogen and oxygen atoms in total. The van der Waals surface area contributed by atoms with Crippen LogP contribution >= 0.6 is 0 Å². The molecule has 8 heteroatoms. The third-order valence-electron chi connectivity index (χ3n) is 4.94. The second-order valence-corrected chi connectivity index (χ2v) is 9.97. The molecule has 0 saturated heterocycles. The van der Waals surface area contributed by atoms with Crippen LogP contribution in [0.3, 0.4) is 0 Å². The van der Waals surface area contributed by atoms with Gasteiger partial charge in [0.1, 0.15) is 5.75 Å². The number of nitrogens with two attached hydrogens (primary N) is 2. The van der Waals surface area contributed by atoms with Crippen molar-refractivity contribution >= 4 is 15.5 Å². The molecule has 0 atom stereocenters.